The van der Waals surface area contributed by atoms with Crippen LogP contribution in [0.5, 0.6) is 17.2 Å². The maximum Gasteiger partial charge on any atom is 0.331 e. The summed E-state index contributed by atoms with van der Waals surface area (Å²) in [6.45, 7) is 2.59. The Hall–Kier alpha value is -3.48. The smallest absolute Gasteiger partial charge is 0.331 e. The Morgan fingerprint density at radius 3 is 2.83 bits per heavy atom. The summed E-state index contributed by atoms with van der Waals surface area (Å²) in [7, 11) is 1.55. The number of carbonyl (C=O) groups is 2. The molecule has 7 nitrogen and oxygen atoms in total. The SMILES string of the molecule is CCOc1ccc(/C=C/C(=O)OCC(=O)NC2CCOc3ccccc32)cc1OC. The molecule has 7 heteroatoms. The molecule has 2 aromatic carbocycles. The molecule has 1 aliphatic heterocycles. The van der Waals surface area contributed by atoms with E-state index in [2.05, 4.69) is 5.32 Å². The second-order valence-electron chi connectivity index (χ2n) is 6.58. The lowest BCUT2D eigenvalue weighted by Crippen LogP contribution is -2.34. The number of hydrogen-bond donors (Lipinski definition) is 1. The van der Waals surface area contributed by atoms with Gasteiger partial charge >= 0.3 is 5.97 Å². The van der Waals surface area contributed by atoms with Crippen molar-refractivity contribution >= 4 is 18.0 Å². The van der Waals surface area contributed by atoms with Gasteiger partial charge in [0.1, 0.15) is 5.75 Å². The number of ether oxygens (including phenoxy) is 4. The molecule has 1 atom stereocenters. The first-order valence-electron chi connectivity index (χ1n) is 9.77. The Morgan fingerprint density at radius 1 is 1.20 bits per heavy atom. The van der Waals surface area contributed by atoms with Gasteiger partial charge in [0.05, 0.1) is 26.4 Å². The number of hydrogen-bond acceptors (Lipinski definition) is 6. The van der Waals surface area contributed by atoms with Gasteiger partial charge in [-0.15, -0.1) is 0 Å². The first-order chi connectivity index (χ1) is 14.6. The Kier molecular flexibility index (Phi) is 7.32. The number of rotatable bonds is 8. The van der Waals surface area contributed by atoms with Crippen molar-refractivity contribution in [3.63, 3.8) is 0 Å². The Labute approximate surface area is 175 Å². The quantitative estimate of drug-likeness (QED) is 0.530. The van der Waals surface area contributed by atoms with E-state index in [1.165, 1.54) is 6.08 Å². The van der Waals surface area contributed by atoms with Crippen molar-refractivity contribution < 1.29 is 28.5 Å². The van der Waals surface area contributed by atoms with Crippen LogP contribution in [-0.2, 0) is 14.3 Å². The van der Waals surface area contributed by atoms with Gasteiger partial charge in [-0.3, -0.25) is 4.79 Å². The lowest BCUT2D eigenvalue weighted by Gasteiger charge is -2.26. The van der Waals surface area contributed by atoms with E-state index < -0.39 is 5.97 Å². The molecule has 0 radical (unpaired) electrons. The fourth-order valence-corrected chi connectivity index (χ4v) is 3.14. The average molecular weight is 411 g/mol. The molecule has 1 aliphatic rings. The van der Waals surface area contributed by atoms with Gasteiger partial charge in [-0.25, -0.2) is 4.79 Å². The largest absolute Gasteiger partial charge is 0.493 e. The van der Waals surface area contributed by atoms with Gasteiger partial charge < -0.3 is 24.3 Å². The molecule has 0 aliphatic carbocycles. The highest BCUT2D eigenvalue weighted by atomic mass is 16.5. The minimum atomic E-state index is -0.606. The van der Waals surface area contributed by atoms with Crippen LogP contribution in [0.2, 0.25) is 0 Å². The highest BCUT2D eigenvalue weighted by Gasteiger charge is 2.22. The molecule has 0 bridgehead atoms. The zero-order chi connectivity index (χ0) is 21.3. The molecule has 2 aromatic rings. The van der Waals surface area contributed by atoms with E-state index in [0.29, 0.717) is 31.1 Å². The third kappa shape index (κ3) is 5.53. The molecule has 0 aromatic heterocycles. The summed E-state index contributed by atoms with van der Waals surface area (Å²) in [5.74, 6) is 1.00. The van der Waals surface area contributed by atoms with Crippen LogP contribution in [0.4, 0.5) is 0 Å². The summed E-state index contributed by atoms with van der Waals surface area (Å²) in [6.07, 6.45) is 3.52. The molecule has 0 fully saturated rings. The summed E-state index contributed by atoms with van der Waals surface area (Å²) in [6, 6.07) is 12.7. The fraction of sp³-hybridized carbons (Fsp3) is 0.304. The van der Waals surface area contributed by atoms with Crippen molar-refractivity contribution in [2.24, 2.45) is 0 Å². The molecule has 0 saturated heterocycles. The number of methoxy groups -OCH3 is 1. The van der Waals surface area contributed by atoms with Crippen molar-refractivity contribution in [1.82, 2.24) is 5.32 Å². The molecular weight excluding hydrogens is 386 g/mol. The van der Waals surface area contributed by atoms with Crippen LogP contribution in [0.25, 0.3) is 6.08 Å². The molecule has 30 heavy (non-hydrogen) atoms. The summed E-state index contributed by atoms with van der Waals surface area (Å²) in [5, 5.41) is 2.89. The second kappa shape index (κ2) is 10.3. The van der Waals surface area contributed by atoms with E-state index in [-0.39, 0.29) is 18.6 Å². The summed E-state index contributed by atoms with van der Waals surface area (Å²) >= 11 is 0. The molecule has 1 unspecified atom stereocenters. The molecule has 0 saturated carbocycles. The summed E-state index contributed by atoms with van der Waals surface area (Å²) < 4.78 is 21.4. The number of nitrogens with one attached hydrogen (secondary N) is 1. The number of benzene rings is 2. The third-order valence-electron chi connectivity index (χ3n) is 4.54. The number of esters is 1. The summed E-state index contributed by atoms with van der Waals surface area (Å²) in [4.78, 5) is 24.2. The maximum atomic E-state index is 12.2. The number of amides is 1. The molecule has 1 heterocycles. The molecule has 1 N–H and O–H groups in total. The van der Waals surface area contributed by atoms with E-state index in [4.69, 9.17) is 18.9 Å². The standard InChI is InChI=1S/C23H25NO6/c1-3-28-20-10-8-16(14-21(20)27-2)9-11-23(26)30-15-22(25)24-18-12-13-29-19-7-5-4-6-17(18)19/h4-11,14,18H,3,12-13,15H2,1-2H3,(H,24,25)/b11-9+. The van der Waals surface area contributed by atoms with E-state index in [1.54, 1.807) is 31.4 Å². The number of para-hydroxylation sites is 1. The monoisotopic (exact) mass is 411 g/mol. The van der Waals surface area contributed by atoms with E-state index in [9.17, 15) is 9.59 Å². The van der Waals surface area contributed by atoms with Crippen molar-refractivity contribution in [2.45, 2.75) is 19.4 Å². The van der Waals surface area contributed by atoms with Crippen molar-refractivity contribution in [1.29, 1.82) is 0 Å². The molecule has 158 valence electrons. The van der Waals surface area contributed by atoms with Crippen LogP contribution < -0.4 is 19.5 Å². The lowest BCUT2D eigenvalue weighted by molar-refractivity contribution is -0.144. The van der Waals surface area contributed by atoms with Crippen LogP contribution in [0, 0.1) is 0 Å². The Balaban J connectivity index is 1.50. The van der Waals surface area contributed by atoms with Gasteiger partial charge in [-0.05, 0) is 36.8 Å². The van der Waals surface area contributed by atoms with Crippen LogP contribution in [0.15, 0.2) is 48.5 Å². The van der Waals surface area contributed by atoms with Gasteiger partial charge in [0, 0.05) is 18.1 Å². The van der Waals surface area contributed by atoms with E-state index in [1.807, 2.05) is 31.2 Å². The van der Waals surface area contributed by atoms with Crippen molar-refractivity contribution in [2.75, 3.05) is 26.9 Å². The fourth-order valence-electron chi connectivity index (χ4n) is 3.14. The molecular formula is C23H25NO6. The van der Waals surface area contributed by atoms with Gasteiger partial charge in [-0.1, -0.05) is 24.3 Å². The van der Waals surface area contributed by atoms with Crippen LogP contribution in [0.1, 0.15) is 30.5 Å². The Morgan fingerprint density at radius 2 is 2.03 bits per heavy atom. The maximum absolute atomic E-state index is 12.2. The minimum Gasteiger partial charge on any atom is -0.493 e. The zero-order valence-corrected chi connectivity index (χ0v) is 17.1. The van der Waals surface area contributed by atoms with Gasteiger partial charge in [0.2, 0.25) is 0 Å². The zero-order valence-electron chi connectivity index (χ0n) is 17.1. The molecule has 3 rings (SSSR count). The van der Waals surface area contributed by atoms with Gasteiger partial charge in [-0.2, -0.15) is 0 Å². The van der Waals surface area contributed by atoms with Crippen LogP contribution in [-0.4, -0.2) is 38.8 Å². The van der Waals surface area contributed by atoms with Gasteiger partial charge in [0.15, 0.2) is 18.1 Å². The normalized spacial score (nSPS) is 15.1. The highest BCUT2D eigenvalue weighted by molar-refractivity contribution is 5.89. The lowest BCUT2D eigenvalue weighted by atomic mass is 10.0. The van der Waals surface area contributed by atoms with E-state index in [0.717, 1.165) is 16.9 Å². The van der Waals surface area contributed by atoms with Crippen LogP contribution >= 0.6 is 0 Å². The van der Waals surface area contributed by atoms with Crippen molar-refractivity contribution in [3.05, 3.63) is 59.7 Å². The van der Waals surface area contributed by atoms with Crippen LogP contribution in [0.3, 0.4) is 0 Å². The number of fused-ring (bicyclic) bond motifs is 1. The predicted molar refractivity (Wildman–Crippen MR) is 112 cm³/mol. The predicted octanol–water partition coefficient (Wildman–Crippen LogP) is 3.29. The third-order valence-corrected chi connectivity index (χ3v) is 4.54. The average Bonchev–Trinajstić information content (AvgIpc) is 2.77. The number of carbonyl (C=O) groups excluding carboxylic acids is 2. The molecule has 0 spiro atoms. The van der Waals surface area contributed by atoms with Gasteiger partial charge in [0.25, 0.3) is 5.91 Å². The Bertz CT molecular complexity index is 924. The first-order valence-corrected chi connectivity index (χ1v) is 9.77. The van der Waals surface area contributed by atoms with Crippen molar-refractivity contribution in [3.8, 4) is 17.2 Å². The summed E-state index contributed by atoms with van der Waals surface area (Å²) in [5.41, 5.74) is 1.67. The highest BCUT2D eigenvalue weighted by Crippen LogP contribution is 2.31. The first kappa shape index (κ1) is 21.2. The molecule has 1 amide bonds. The van der Waals surface area contributed by atoms with E-state index >= 15 is 0 Å². The minimum absolute atomic E-state index is 0.159. The topological polar surface area (TPSA) is 83.1 Å². The second-order valence-corrected chi connectivity index (χ2v) is 6.58.